The zero-order valence-electron chi connectivity index (χ0n) is 14.8. The monoisotopic (exact) mass is 397 g/mol. The molecule has 2 amide bonds. The van der Waals surface area contributed by atoms with Crippen LogP contribution in [0.3, 0.4) is 0 Å². The van der Waals surface area contributed by atoms with E-state index >= 15 is 0 Å². The summed E-state index contributed by atoms with van der Waals surface area (Å²) in [5, 5.41) is 15.0. The van der Waals surface area contributed by atoms with Crippen molar-refractivity contribution < 1.29 is 14.0 Å². The number of hydrogen-bond donors (Lipinski definition) is 2. The van der Waals surface area contributed by atoms with Crippen LogP contribution in [0.15, 0.2) is 53.6 Å². The maximum Gasteiger partial charge on any atom is 0.257 e. The van der Waals surface area contributed by atoms with E-state index in [1.54, 1.807) is 24.3 Å². The van der Waals surface area contributed by atoms with Gasteiger partial charge in [0, 0.05) is 5.56 Å². The highest BCUT2D eigenvalue weighted by molar-refractivity contribution is 7.15. The Kier molecular flexibility index (Phi) is 6.18. The van der Waals surface area contributed by atoms with Gasteiger partial charge in [-0.05, 0) is 36.2 Å². The lowest BCUT2D eigenvalue weighted by atomic mass is 10.1. The summed E-state index contributed by atoms with van der Waals surface area (Å²) in [5.74, 6) is -1.01. The second-order valence-corrected chi connectivity index (χ2v) is 6.85. The first-order valence-corrected chi connectivity index (χ1v) is 9.10. The fourth-order valence-electron chi connectivity index (χ4n) is 2.27. The molecular weight excluding hydrogens is 381 g/mol. The number of aryl methyl sites for hydroxylation is 1. The molecule has 9 heteroatoms. The number of nitrogens with zero attached hydrogens (tertiary/aromatic N) is 3. The third-order valence-corrected chi connectivity index (χ3v) is 4.50. The SMILES string of the molecule is Cc1ccccc1C(=O)Nc1nnc(CC(=O)NN=Cc2ccc(F)cc2)s1. The van der Waals surface area contributed by atoms with Crippen molar-refractivity contribution in [3.05, 3.63) is 76.0 Å². The lowest BCUT2D eigenvalue weighted by Crippen LogP contribution is -2.19. The van der Waals surface area contributed by atoms with Crippen LogP contribution in [0.25, 0.3) is 0 Å². The number of hydrogen-bond acceptors (Lipinski definition) is 6. The van der Waals surface area contributed by atoms with Crippen molar-refractivity contribution in [3.63, 3.8) is 0 Å². The molecule has 28 heavy (non-hydrogen) atoms. The minimum absolute atomic E-state index is 0.0291. The first-order valence-electron chi connectivity index (χ1n) is 8.28. The van der Waals surface area contributed by atoms with Gasteiger partial charge in [0.1, 0.15) is 10.8 Å². The number of carbonyl (C=O) groups excluding carboxylic acids is 2. The second-order valence-electron chi connectivity index (χ2n) is 5.79. The molecule has 1 heterocycles. The minimum atomic E-state index is -0.383. The van der Waals surface area contributed by atoms with Crippen molar-refractivity contribution in [1.82, 2.24) is 15.6 Å². The molecule has 0 spiro atoms. The molecule has 0 aliphatic heterocycles. The summed E-state index contributed by atoms with van der Waals surface area (Å²) in [7, 11) is 0. The molecule has 0 saturated heterocycles. The van der Waals surface area contributed by atoms with Gasteiger partial charge in [-0.15, -0.1) is 10.2 Å². The molecule has 0 aliphatic carbocycles. The van der Waals surface area contributed by atoms with E-state index in [9.17, 15) is 14.0 Å². The molecule has 142 valence electrons. The highest BCUT2D eigenvalue weighted by Gasteiger charge is 2.13. The van der Waals surface area contributed by atoms with Crippen LogP contribution in [0.2, 0.25) is 0 Å². The average molecular weight is 397 g/mol. The van der Waals surface area contributed by atoms with Gasteiger partial charge in [0.2, 0.25) is 11.0 Å². The van der Waals surface area contributed by atoms with E-state index < -0.39 is 0 Å². The summed E-state index contributed by atoms with van der Waals surface area (Å²) in [4.78, 5) is 24.2. The van der Waals surface area contributed by atoms with Gasteiger partial charge in [-0.25, -0.2) is 9.82 Å². The van der Waals surface area contributed by atoms with Gasteiger partial charge < -0.3 is 0 Å². The minimum Gasteiger partial charge on any atom is -0.296 e. The van der Waals surface area contributed by atoms with Crippen molar-refractivity contribution in [2.75, 3.05) is 5.32 Å². The molecule has 0 atom stereocenters. The molecule has 3 aromatic rings. The first kappa shape index (κ1) is 19.3. The van der Waals surface area contributed by atoms with Gasteiger partial charge in [-0.2, -0.15) is 5.10 Å². The van der Waals surface area contributed by atoms with Crippen molar-refractivity contribution in [2.45, 2.75) is 13.3 Å². The molecule has 7 nitrogen and oxygen atoms in total. The van der Waals surface area contributed by atoms with E-state index in [1.165, 1.54) is 18.3 Å². The van der Waals surface area contributed by atoms with Crippen LogP contribution in [0.5, 0.6) is 0 Å². The Morgan fingerprint density at radius 1 is 1.14 bits per heavy atom. The van der Waals surface area contributed by atoms with Gasteiger partial charge in [-0.1, -0.05) is 41.7 Å². The number of rotatable bonds is 6. The van der Waals surface area contributed by atoms with E-state index in [1.807, 2.05) is 19.1 Å². The molecule has 2 N–H and O–H groups in total. The Labute approximate surface area is 164 Å². The van der Waals surface area contributed by atoms with E-state index in [2.05, 4.69) is 26.0 Å². The van der Waals surface area contributed by atoms with E-state index in [0.29, 0.717) is 21.3 Å². The number of amides is 2. The Morgan fingerprint density at radius 2 is 1.89 bits per heavy atom. The van der Waals surface area contributed by atoms with Crippen molar-refractivity contribution >= 4 is 34.5 Å². The number of carbonyl (C=O) groups is 2. The Balaban J connectivity index is 1.52. The van der Waals surface area contributed by atoms with Crippen LogP contribution in [0, 0.1) is 12.7 Å². The number of nitrogens with one attached hydrogen (secondary N) is 2. The normalized spacial score (nSPS) is 10.8. The summed E-state index contributed by atoms with van der Waals surface area (Å²) in [6.45, 7) is 1.84. The maximum absolute atomic E-state index is 12.8. The Hall–Kier alpha value is -3.46. The molecule has 1 aromatic heterocycles. The predicted molar refractivity (Wildman–Crippen MR) is 105 cm³/mol. The number of aromatic nitrogens is 2. The van der Waals surface area contributed by atoms with Gasteiger partial charge >= 0.3 is 0 Å². The molecule has 2 aromatic carbocycles. The molecule has 0 fully saturated rings. The Bertz CT molecular complexity index is 1020. The topological polar surface area (TPSA) is 96.3 Å². The van der Waals surface area contributed by atoms with Gasteiger partial charge in [0.15, 0.2) is 0 Å². The van der Waals surface area contributed by atoms with Crippen molar-refractivity contribution in [2.24, 2.45) is 5.10 Å². The zero-order valence-corrected chi connectivity index (χ0v) is 15.7. The molecule has 0 radical (unpaired) electrons. The van der Waals surface area contributed by atoms with Crippen LogP contribution in [-0.2, 0) is 11.2 Å². The second kappa shape index (κ2) is 8.96. The van der Waals surface area contributed by atoms with Crippen molar-refractivity contribution in [1.29, 1.82) is 0 Å². The van der Waals surface area contributed by atoms with E-state index in [-0.39, 0.29) is 24.1 Å². The summed E-state index contributed by atoms with van der Waals surface area (Å²) in [5.41, 5.74) is 4.42. The fraction of sp³-hybridized carbons (Fsp3) is 0.105. The number of hydrazone groups is 1. The summed E-state index contributed by atoms with van der Waals surface area (Å²) < 4.78 is 12.8. The third-order valence-electron chi connectivity index (χ3n) is 3.66. The number of anilines is 1. The van der Waals surface area contributed by atoms with Gasteiger partial charge in [-0.3, -0.25) is 14.9 Å². The zero-order chi connectivity index (χ0) is 19.9. The number of benzene rings is 2. The molecule has 0 unspecified atom stereocenters. The van der Waals surface area contributed by atoms with Crippen molar-refractivity contribution in [3.8, 4) is 0 Å². The van der Waals surface area contributed by atoms with Crippen LogP contribution < -0.4 is 10.7 Å². The third kappa shape index (κ3) is 5.27. The molecule has 0 saturated carbocycles. The van der Waals surface area contributed by atoms with Gasteiger partial charge in [0.25, 0.3) is 5.91 Å². The summed E-state index contributed by atoms with van der Waals surface area (Å²) in [6.07, 6.45) is 1.38. The molecule has 3 rings (SSSR count). The van der Waals surface area contributed by atoms with Crippen LogP contribution >= 0.6 is 11.3 Å². The maximum atomic E-state index is 12.8. The quantitative estimate of drug-likeness (QED) is 0.494. The highest BCUT2D eigenvalue weighted by atomic mass is 32.1. The lowest BCUT2D eigenvalue weighted by Gasteiger charge is -2.03. The smallest absolute Gasteiger partial charge is 0.257 e. The lowest BCUT2D eigenvalue weighted by molar-refractivity contribution is -0.120. The predicted octanol–water partition coefficient (Wildman–Crippen LogP) is 2.93. The summed E-state index contributed by atoms with van der Waals surface area (Å²) >= 11 is 1.11. The van der Waals surface area contributed by atoms with Crippen LogP contribution in [0.4, 0.5) is 9.52 Å². The van der Waals surface area contributed by atoms with Crippen LogP contribution in [0.1, 0.15) is 26.5 Å². The van der Waals surface area contributed by atoms with Crippen LogP contribution in [-0.4, -0.2) is 28.2 Å². The number of halogens is 1. The van der Waals surface area contributed by atoms with E-state index in [0.717, 1.165) is 16.9 Å². The average Bonchev–Trinajstić information content (AvgIpc) is 3.10. The largest absolute Gasteiger partial charge is 0.296 e. The fourth-order valence-corrected chi connectivity index (χ4v) is 3.01. The molecule has 0 bridgehead atoms. The Morgan fingerprint density at radius 3 is 2.64 bits per heavy atom. The first-order chi connectivity index (χ1) is 13.5. The summed E-state index contributed by atoms with van der Waals surface area (Å²) in [6, 6.07) is 12.9. The molecule has 0 aliphatic rings. The van der Waals surface area contributed by atoms with E-state index in [4.69, 9.17) is 0 Å². The van der Waals surface area contributed by atoms with Gasteiger partial charge in [0.05, 0.1) is 12.6 Å². The molecular formula is C19H16FN5O2S. The highest BCUT2D eigenvalue weighted by Crippen LogP contribution is 2.17. The standard InChI is InChI=1S/C19H16FN5O2S/c1-12-4-2-3-5-15(12)18(27)22-19-25-24-17(28-19)10-16(26)23-21-11-13-6-8-14(20)9-7-13/h2-9,11H,10H2,1H3,(H,23,26)(H,22,25,27).